The molecule has 1 N–H and O–H groups in total. The van der Waals surface area contributed by atoms with Gasteiger partial charge in [-0.05, 0) is 24.8 Å². The van der Waals surface area contributed by atoms with Crippen LogP contribution in [-0.4, -0.2) is 62.6 Å². The quantitative estimate of drug-likeness (QED) is 0.385. The van der Waals surface area contributed by atoms with Crippen LogP contribution in [0.4, 0.5) is 18.0 Å². The number of nitrogens with one attached hydrogen (secondary N) is 1. The minimum Gasteiger partial charge on any atom is -0.455 e. The first kappa shape index (κ1) is 24.0. The summed E-state index contributed by atoms with van der Waals surface area (Å²) in [4.78, 5) is 23.9. The number of unbranched alkanes of at least 4 members (excludes halogenated alkanes) is 2. The SMILES string of the molecule is CC[C@@H](CS(=O)(=O)CCCCCN1CC(=O)NC1=O)c1coc(OCC(F)(F)F)c1. The van der Waals surface area contributed by atoms with Gasteiger partial charge in [-0.1, -0.05) is 13.3 Å². The first-order valence-electron chi connectivity index (χ1n) is 9.56. The van der Waals surface area contributed by atoms with Crippen molar-refractivity contribution in [2.45, 2.75) is 44.7 Å². The largest absolute Gasteiger partial charge is 0.455 e. The van der Waals surface area contributed by atoms with Gasteiger partial charge < -0.3 is 14.1 Å². The predicted molar refractivity (Wildman–Crippen MR) is 101 cm³/mol. The molecule has 1 saturated heterocycles. The molecule has 1 aromatic rings. The van der Waals surface area contributed by atoms with Gasteiger partial charge in [0.25, 0.3) is 5.95 Å². The smallest absolute Gasteiger partial charge is 0.422 e. The van der Waals surface area contributed by atoms with Crippen molar-refractivity contribution < 1.29 is 40.3 Å². The van der Waals surface area contributed by atoms with Crippen LogP contribution in [0.1, 0.15) is 44.1 Å². The first-order valence-corrected chi connectivity index (χ1v) is 11.4. The molecule has 0 radical (unpaired) electrons. The van der Waals surface area contributed by atoms with Gasteiger partial charge in [-0.15, -0.1) is 0 Å². The van der Waals surface area contributed by atoms with E-state index in [1.165, 1.54) is 17.2 Å². The maximum atomic E-state index is 12.4. The molecule has 2 rings (SSSR count). The molecule has 1 fully saturated rings. The molecule has 170 valence electrons. The van der Waals surface area contributed by atoms with E-state index in [0.29, 0.717) is 37.8 Å². The lowest BCUT2D eigenvalue weighted by molar-refractivity contribution is -0.156. The van der Waals surface area contributed by atoms with Crippen LogP contribution in [0, 0.1) is 0 Å². The number of hydrogen-bond donors (Lipinski definition) is 1. The number of furan rings is 1. The number of ether oxygens (including phenoxy) is 1. The highest BCUT2D eigenvalue weighted by atomic mass is 32.2. The second kappa shape index (κ2) is 10.2. The number of alkyl halides is 3. The van der Waals surface area contributed by atoms with Crippen LogP contribution in [0.15, 0.2) is 16.7 Å². The van der Waals surface area contributed by atoms with Crippen LogP contribution in [-0.2, 0) is 14.6 Å². The number of carbonyl (C=O) groups excluding carboxylic acids is 2. The van der Waals surface area contributed by atoms with Gasteiger partial charge in [0.15, 0.2) is 16.4 Å². The van der Waals surface area contributed by atoms with Crippen molar-refractivity contribution in [3.63, 3.8) is 0 Å². The molecule has 8 nitrogen and oxygen atoms in total. The lowest BCUT2D eigenvalue weighted by Gasteiger charge is -2.14. The van der Waals surface area contributed by atoms with Crippen molar-refractivity contribution in [2.75, 3.05) is 31.2 Å². The van der Waals surface area contributed by atoms with Crippen LogP contribution in [0.2, 0.25) is 0 Å². The van der Waals surface area contributed by atoms with Crippen LogP contribution >= 0.6 is 0 Å². The second-order valence-electron chi connectivity index (χ2n) is 7.16. The van der Waals surface area contributed by atoms with Crippen LogP contribution in [0.25, 0.3) is 0 Å². The fourth-order valence-corrected chi connectivity index (χ4v) is 4.93. The van der Waals surface area contributed by atoms with Crippen LogP contribution < -0.4 is 10.1 Å². The molecule has 0 unspecified atom stereocenters. The summed E-state index contributed by atoms with van der Waals surface area (Å²) in [5.41, 5.74) is 0.475. The lowest BCUT2D eigenvalue weighted by Crippen LogP contribution is -2.29. The zero-order valence-electron chi connectivity index (χ0n) is 16.5. The summed E-state index contributed by atoms with van der Waals surface area (Å²) in [6.07, 6.45) is -1.24. The van der Waals surface area contributed by atoms with E-state index in [9.17, 15) is 31.2 Å². The van der Waals surface area contributed by atoms with E-state index >= 15 is 0 Å². The zero-order chi connectivity index (χ0) is 22.4. The minimum absolute atomic E-state index is 0.0225. The Labute approximate surface area is 172 Å². The number of hydrogen-bond acceptors (Lipinski definition) is 6. The molecule has 2 heterocycles. The monoisotopic (exact) mass is 454 g/mol. The Morgan fingerprint density at radius 2 is 2.00 bits per heavy atom. The fourth-order valence-electron chi connectivity index (χ4n) is 3.08. The van der Waals surface area contributed by atoms with Gasteiger partial charge in [-0.3, -0.25) is 10.1 Å². The molecular formula is C18H25F3N2O6S. The van der Waals surface area contributed by atoms with Crippen molar-refractivity contribution in [3.8, 4) is 5.95 Å². The van der Waals surface area contributed by atoms with Crippen molar-refractivity contribution in [1.29, 1.82) is 0 Å². The molecule has 3 amide bonds. The third-order valence-electron chi connectivity index (χ3n) is 4.64. The average molecular weight is 454 g/mol. The third kappa shape index (κ3) is 7.88. The predicted octanol–water partition coefficient (Wildman–Crippen LogP) is 2.85. The van der Waals surface area contributed by atoms with E-state index in [2.05, 4.69) is 10.1 Å². The maximum absolute atomic E-state index is 12.4. The molecule has 1 aliphatic rings. The molecule has 1 aromatic heterocycles. The normalized spacial score (nSPS) is 16.1. The van der Waals surface area contributed by atoms with Gasteiger partial charge in [-0.2, -0.15) is 13.2 Å². The molecular weight excluding hydrogens is 429 g/mol. The Kier molecular flexibility index (Phi) is 8.16. The number of sulfone groups is 1. The molecule has 30 heavy (non-hydrogen) atoms. The molecule has 1 aliphatic heterocycles. The highest BCUT2D eigenvalue weighted by molar-refractivity contribution is 7.91. The van der Waals surface area contributed by atoms with Gasteiger partial charge in [0.2, 0.25) is 5.91 Å². The Bertz CT molecular complexity index is 837. The molecule has 0 aromatic carbocycles. The summed E-state index contributed by atoms with van der Waals surface area (Å²) < 4.78 is 71.0. The third-order valence-corrected chi connectivity index (χ3v) is 6.47. The fraction of sp³-hybridized carbons (Fsp3) is 0.667. The summed E-state index contributed by atoms with van der Waals surface area (Å²) in [5.74, 6) is -1.25. The number of urea groups is 1. The number of imide groups is 1. The average Bonchev–Trinajstić information content (AvgIpc) is 3.23. The van der Waals surface area contributed by atoms with E-state index < -0.39 is 34.6 Å². The summed E-state index contributed by atoms with van der Waals surface area (Å²) in [6.45, 7) is 0.702. The van der Waals surface area contributed by atoms with Gasteiger partial charge in [0.1, 0.15) is 6.54 Å². The van der Waals surface area contributed by atoms with E-state index in [0.717, 1.165) is 0 Å². The van der Waals surface area contributed by atoms with E-state index in [-0.39, 0.29) is 29.9 Å². The Balaban J connectivity index is 1.76. The lowest BCUT2D eigenvalue weighted by atomic mass is 10.0. The van der Waals surface area contributed by atoms with Crippen molar-refractivity contribution >= 4 is 21.8 Å². The summed E-state index contributed by atoms with van der Waals surface area (Å²) in [7, 11) is -3.40. The molecule has 12 heteroatoms. The molecule has 0 aliphatic carbocycles. The number of rotatable bonds is 12. The van der Waals surface area contributed by atoms with Gasteiger partial charge in [-0.25, -0.2) is 13.2 Å². The van der Waals surface area contributed by atoms with E-state index in [1.54, 1.807) is 6.92 Å². The molecule has 0 bridgehead atoms. The Morgan fingerprint density at radius 3 is 2.60 bits per heavy atom. The van der Waals surface area contributed by atoms with Gasteiger partial charge >= 0.3 is 12.2 Å². The highest BCUT2D eigenvalue weighted by Crippen LogP contribution is 2.28. The van der Waals surface area contributed by atoms with Crippen molar-refractivity contribution in [2.24, 2.45) is 0 Å². The Morgan fingerprint density at radius 1 is 1.27 bits per heavy atom. The second-order valence-corrected chi connectivity index (χ2v) is 9.39. The molecule has 0 spiro atoms. The highest BCUT2D eigenvalue weighted by Gasteiger charge is 2.29. The zero-order valence-corrected chi connectivity index (χ0v) is 17.4. The van der Waals surface area contributed by atoms with E-state index in [4.69, 9.17) is 4.42 Å². The summed E-state index contributed by atoms with van der Waals surface area (Å²) in [6, 6.07) is 0.856. The number of nitrogens with zero attached hydrogens (tertiary/aromatic N) is 1. The molecule has 1 atom stereocenters. The molecule has 0 saturated carbocycles. The van der Waals surface area contributed by atoms with Crippen molar-refractivity contribution in [3.05, 3.63) is 17.9 Å². The number of halogens is 3. The number of amides is 3. The van der Waals surface area contributed by atoms with Crippen LogP contribution in [0.3, 0.4) is 0 Å². The van der Waals surface area contributed by atoms with Crippen molar-refractivity contribution in [1.82, 2.24) is 10.2 Å². The van der Waals surface area contributed by atoms with Gasteiger partial charge in [0.05, 0.1) is 17.8 Å². The first-order chi connectivity index (χ1) is 14.0. The van der Waals surface area contributed by atoms with E-state index in [1.807, 2.05) is 0 Å². The van der Waals surface area contributed by atoms with Crippen LogP contribution in [0.5, 0.6) is 5.95 Å². The minimum atomic E-state index is -4.49. The standard InChI is InChI=1S/C18H25F3N2O6S/c1-2-13(14-8-16(28-10-14)29-12-18(19,20)21)11-30(26,27)7-5-3-4-6-23-9-15(24)22-17(23)25/h8,10,13H,2-7,9,11-12H2,1H3,(H,22,24,25)/t13-/m0/s1. The Hall–Kier alpha value is -2.24. The topological polar surface area (TPSA) is 106 Å². The summed E-state index contributed by atoms with van der Waals surface area (Å²) >= 11 is 0. The summed E-state index contributed by atoms with van der Waals surface area (Å²) in [5, 5.41) is 2.17. The van der Waals surface area contributed by atoms with Gasteiger partial charge in [0, 0.05) is 18.5 Å². The maximum Gasteiger partial charge on any atom is 0.422 e. The number of carbonyl (C=O) groups is 2.